The summed E-state index contributed by atoms with van der Waals surface area (Å²) in [6.45, 7) is 4.24. The zero-order chi connectivity index (χ0) is 20.0. The minimum Gasteiger partial charge on any atom is -0.451 e. The largest absolute Gasteiger partial charge is 0.451 e. The van der Waals surface area contributed by atoms with Crippen LogP contribution in [0.2, 0.25) is 0 Å². The molecule has 9 nitrogen and oxygen atoms in total. The number of likely N-dealkylation sites (tertiary alicyclic amines) is 1. The van der Waals surface area contributed by atoms with E-state index in [-0.39, 0.29) is 17.2 Å². The number of carbonyl (C=O) groups excluding carboxylic acids is 3. The van der Waals surface area contributed by atoms with Gasteiger partial charge in [-0.05, 0) is 39.2 Å². The molecule has 0 bridgehead atoms. The smallest absolute Gasteiger partial charge is 0.329 e. The van der Waals surface area contributed by atoms with E-state index >= 15 is 0 Å². The number of nitrogens with zero attached hydrogens (tertiary/aromatic N) is 2. The molecule has 0 saturated carbocycles. The summed E-state index contributed by atoms with van der Waals surface area (Å²) in [5.74, 6) is -1.63. The molecule has 1 aliphatic heterocycles. The molecule has 1 aliphatic rings. The van der Waals surface area contributed by atoms with Crippen LogP contribution in [0.1, 0.15) is 43.5 Å². The van der Waals surface area contributed by atoms with Crippen molar-refractivity contribution in [3.8, 4) is 0 Å². The normalized spacial score (nSPS) is 16.1. The number of hydrogen-bond donors (Lipinski definition) is 1. The number of ether oxygens (including phenoxy) is 1. The number of rotatable bonds is 6. The molecule has 0 spiro atoms. The Hall–Kier alpha value is -2.97. The third kappa shape index (κ3) is 5.50. The second-order valence-corrected chi connectivity index (χ2v) is 6.47. The van der Waals surface area contributed by atoms with Gasteiger partial charge < -0.3 is 15.0 Å². The van der Waals surface area contributed by atoms with Crippen LogP contribution in [0.5, 0.6) is 0 Å². The molecule has 2 rings (SSSR count). The summed E-state index contributed by atoms with van der Waals surface area (Å²) in [7, 11) is 0. The Morgan fingerprint density at radius 1 is 1.19 bits per heavy atom. The fourth-order valence-electron chi connectivity index (χ4n) is 2.80. The third-order valence-corrected chi connectivity index (χ3v) is 4.33. The first-order valence-electron chi connectivity index (χ1n) is 8.84. The maximum atomic E-state index is 12.3. The first kappa shape index (κ1) is 20.3. The highest BCUT2D eigenvalue weighted by Crippen LogP contribution is 2.14. The van der Waals surface area contributed by atoms with Crippen molar-refractivity contribution in [2.24, 2.45) is 0 Å². The number of non-ortho nitro benzene ring substituents is 1. The highest BCUT2D eigenvalue weighted by molar-refractivity contribution is 5.97. The number of esters is 1. The maximum absolute atomic E-state index is 12.3. The van der Waals surface area contributed by atoms with Crippen molar-refractivity contribution < 1.29 is 24.0 Å². The molecule has 0 aliphatic carbocycles. The van der Waals surface area contributed by atoms with Gasteiger partial charge in [-0.2, -0.15) is 0 Å². The maximum Gasteiger partial charge on any atom is 0.329 e. The van der Waals surface area contributed by atoms with Crippen LogP contribution < -0.4 is 5.32 Å². The Kier molecular flexibility index (Phi) is 6.86. The van der Waals surface area contributed by atoms with Crippen LogP contribution in [0.15, 0.2) is 24.3 Å². The summed E-state index contributed by atoms with van der Waals surface area (Å²) in [6, 6.07) is 4.17. The summed E-state index contributed by atoms with van der Waals surface area (Å²) in [4.78, 5) is 48.5. The number of benzene rings is 1. The van der Waals surface area contributed by atoms with Gasteiger partial charge in [-0.1, -0.05) is 6.07 Å². The van der Waals surface area contributed by atoms with E-state index in [1.165, 1.54) is 32.0 Å². The lowest BCUT2D eigenvalue weighted by Gasteiger charge is -2.29. The van der Waals surface area contributed by atoms with E-state index in [1.807, 2.05) is 0 Å². The lowest BCUT2D eigenvalue weighted by molar-refractivity contribution is -0.384. The van der Waals surface area contributed by atoms with Crippen LogP contribution in [0.4, 0.5) is 5.69 Å². The Balaban J connectivity index is 1.90. The zero-order valence-corrected chi connectivity index (χ0v) is 15.3. The number of hydrogen-bond acceptors (Lipinski definition) is 6. The van der Waals surface area contributed by atoms with Crippen LogP contribution in [0, 0.1) is 10.1 Å². The summed E-state index contributed by atoms with van der Waals surface area (Å²) in [5, 5.41) is 13.2. The van der Waals surface area contributed by atoms with E-state index in [2.05, 4.69) is 5.32 Å². The molecule has 1 fully saturated rings. The van der Waals surface area contributed by atoms with Gasteiger partial charge in [0, 0.05) is 30.8 Å². The minimum atomic E-state index is -1.01. The summed E-state index contributed by atoms with van der Waals surface area (Å²) < 4.78 is 5.17. The molecule has 2 amide bonds. The number of piperidine rings is 1. The lowest BCUT2D eigenvalue weighted by atomic mass is 10.1. The fourth-order valence-corrected chi connectivity index (χ4v) is 2.80. The van der Waals surface area contributed by atoms with Crippen molar-refractivity contribution >= 4 is 23.5 Å². The minimum absolute atomic E-state index is 0.0568. The van der Waals surface area contributed by atoms with Gasteiger partial charge in [0.2, 0.25) is 0 Å². The number of amides is 2. The van der Waals surface area contributed by atoms with Crippen molar-refractivity contribution in [1.82, 2.24) is 10.2 Å². The van der Waals surface area contributed by atoms with Crippen molar-refractivity contribution in [1.29, 1.82) is 0 Å². The van der Waals surface area contributed by atoms with E-state index in [9.17, 15) is 24.5 Å². The molecule has 0 unspecified atom stereocenters. The fraction of sp³-hybridized carbons (Fsp3) is 0.500. The van der Waals surface area contributed by atoms with Gasteiger partial charge >= 0.3 is 5.97 Å². The number of carbonyl (C=O) groups is 3. The van der Waals surface area contributed by atoms with E-state index in [1.54, 1.807) is 4.90 Å². The van der Waals surface area contributed by atoms with Crippen molar-refractivity contribution in [2.45, 2.75) is 45.3 Å². The van der Waals surface area contributed by atoms with E-state index < -0.39 is 28.9 Å². The second-order valence-electron chi connectivity index (χ2n) is 6.47. The number of nitro groups is 1. The molecule has 146 valence electrons. The Morgan fingerprint density at radius 3 is 2.48 bits per heavy atom. The summed E-state index contributed by atoms with van der Waals surface area (Å²) in [6.07, 6.45) is 2.01. The Morgan fingerprint density at radius 2 is 1.85 bits per heavy atom. The molecule has 1 aromatic carbocycles. The average Bonchev–Trinajstić information content (AvgIpc) is 2.67. The van der Waals surface area contributed by atoms with Gasteiger partial charge in [0.25, 0.3) is 17.5 Å². The molecule has 0 aromatic heterocycles. The average molecular weight is 377 g/mol. The summed E-state index contributed by atoms with van der Waals surface area (Å²) >= 11 is 0. The molecule has 0 radical (unpaired) electrons. The quantitative estimate of drug-likeness (QED) is 0.457. The van der Waals surface area contributed by atoms with Gasteiger partial charge in [0.05, 0.1) is 4.92 Å². The zero-order valence-electron chi connectivity index (χ0n) is 15.3. The van der Waals surface area contributed by atoms with Crippen molar-refractivity contribution in [3.63, 3.8) is 0 Å². The molecule has 1 saturated heterocycles. The van der Waals surface area contributed by atoms with Gasteiger partial charge in [-0.25, -0.2) is 4.79 Å². The van der Waals surface area contributed by atoms with E-state index in [0.29, 0.717) is 13.1 Å². The van der Waals surface area contributed by atoms with Gasteiger partial charge in [0.1, 0.15) is 6.04 Å². The topological polar surface area (TPSA) is 119 Å². The van der Waals surface area contributed by atoms with Crippen LogP contribution in [0.25, 0.3) is 0 Å². The molecule has 27 heavy (non-hydrogen) atoms. The summed E-state index contributed by atoms with van der Waals surface area (Å²) in [5.41, 5.74) is -0.167. The van der Waals surface area contributed by atoms with Crippen LogP contribution in [-0.2, 0) is 14.3 Å². The first-order valence-corrected chi connectivity index (χ1v) is 8.84. The third-order valence-electron chi connectivity index (χ3n) is 4.33. The predicted octanol–water partition coefficient (Wildman–Crippen LogP) is 1.66. The second kappa shape index (κ2) is 9.11. The van der Waals surface area contributed by atoms with Gasteiger partial charge in [-0.15, -0.1) is 0 Å². The van der Waals surface area contributed by atoms with Gasteiger partial charge in [0.15, 0.2) is 6.10 Å². The van der Waals surface area contributed by atoms with Crippen LogP contribution in [-0.4, -0.2) is 52.8 Å². The lowest BCUT2D eigenvalue weighted by Crippen LogP contribution is -2.46. The number of nitro benzene ring substituents is 1. The molecular formula is C18H23N3O6. The SMILES string of the molecule is C[C@H](NC(=O)c1cccc([N+](=O)[O-])c1)C(=O)O[C@H](C)C(=O)N1CCCCC1. The molecule has 2 atom stereocenters. The molecule has 9 heteroatoms. The first-order chi connectivity index (χ1) is 12.8. The van der Waals surface area contributed by atoms with E-state index in [0.717, 1.165) is 25.3 Å². The molecule has 1 N–H and O–H groups in total. The monoisotopic (exact) mass is 377 g/mol. The van der Waals surface area contributed by atoms with E-state index in [4.69, 9.17) is 4.74 Å². The number of nitrogens with one attached hydrogen (secondary N) is 1. The Labute approximate surface area is 156 Å². The van der Waals surface area contributed by atoms with Crippen molar-refractivity contribution in [2.75, 3.05) is 13.1 Å². The highest BCUT2D eigenvalue weighted by Gasteiger charge is 2.27. The van der Waals surface area contributed by atoms with Crippen LogP contribution in [0.3, 0.4) is 0 Å². The van der Waals surface area contributed by atoms with Gasteiger partial charge in [-0.3, -0.25) is 19.7 Å². The predicted molar refractivity (Wildman–Crippen MR) is 96.0 cm³/mol. The van der Waals surface area contributed by atoms with Crippen molar-refractivity contribution in [3.05, 3.63) is 39.9 Å². The highest BCUT2D eigenvalue weighted by atomic mass is 16.6. The molecular weight excluding hydrogens is 354 g/mol. The molecule has 1 aromatic rings. The molecule has 1 heterocycles. The van der Waals surface area contributed by atoms with Crippen LogP contribution >= 0.6 is 0 Å². The Bertz CT molecular complexity index is 730. The standard InChI is InChI=1S/C18H23N3O6/c1-12(19-16(22)14-7-6-8-15(11-14)21(25)26)18(24)27-13(2)17(23)20-9-4-3-5-10-20/h6-8,11-13H,3-5,9-10H2,1-2H3,(H,19,22)/t12-,13+/m0/s1.